The van der Waals surface area contributed by atoms with Crippen molar-refractivity contribution in [2.24, 2.45) is 5.92 Å². The van der Waals surface area contributed by atoms with E-state index in [1.54, 1.807) is 12.4 Å². The van der Waals surface area contributed by atoms with Crippen LogP contribution in [-0.2, 0) is 0 Å². The summed E-state index contributed by atoms with van der Waals surface area (Å²) in [6.45, 7) is 2.22. The van der Waals surface area contributed by atoms with E-state index < -0.39 is 0 Å². The Labute approximate surface area is 160 Å². The van der Waals surface area contributed by atoms with Crippen molar-refractivity contribution in [2.45, 2.75) is 38.1 Å². The molecule has 0 spiro atoms. The molecule has 1 fully saturated rings. The molecule has 0 aliphatic heterocycles. The van der Waals surface area contributed by atoms with Crippen molar-refractivity contribution in [1.29, 1.82) is 5.26 Å². The first-order chi connectivity index (χ1) is 13.8. The van der Waals surface area contributed by atoms with Crippen molar-refractivity contribution in [3.05, 3.63) is 42.4 Å². The Hall–Kier alpha value is -3.54. The van der Waals surface area contributed by atoms with Crippen molar-refractivity contribution in [3.8, 4) is 6.07 Å². The number of anilines is 1. The third-order valence-electron chi connectivity index (χ3n) is 5.64. The van der Waals surface area contributed by atoms with Gasteiger partial charge in [-0.05, 0) is 24.8 Å². The Kier molecular flexibility index (Phi) is 3.90. The number of hydrogen-bond donors (Lipinski definition) is 2. The number of nitrogens with one attached hydrogen (secondary N) is 2. The lowest BCUT2D eigenvalue weighted by molar-refractivity contribution is 0.451. The van der Waals surface area contributed by atoms with Crippen LogP contribution in [0, 0.1) is 17.2 Å². The van der Waals surface area contributed by atoms with Gasteiger partial charge >= 0.3 is 0 Å². The maximum absolute atomic E-state index is 8.87. The smallest absolute Gasteiger partial charge is 0.179 e. The lowest BCUT2D eigenvalue weighted by atomic mass is 9.93. The van der Waals surface area contributed by atoms with Crippen molar-refractivity contribution in [1.82, 2.24) is 34.5 Å². The molecule has 3 atom stereocenters. The minimum atomic E-state index is 0.271. The minimum Gasteiger partial charge on any atom is -0.366 e. The van der Waals surface area contributed by atoms with Crippen LogP contribution in [0.2, 0.25) is 0 Å². The number of hydrogen-bond acceptors (Lipinski definition) is 7. The normalized spacial score (nSPS) is 21.9. The summed E-state index contributed by atoms with van der Waals surface area (Å²) in [7, 11) is 0. The van der Waals surface area contributed by atoms with Gasteiger partial charge in [-0.15, -0.1) is 10.2 Å². The molecule has 0 amide bonds. The van der Waals surface area contributed by atoms with Crippen LogP contribution < -0.4 is 5.32 Å². The first-order valence-corrected chi connectivity index (χ1v) is 9.42. The highest BCUT2D eigenvalue weighted by atomic mass is 15.3. The summed E-state index contributed by atoms with van der Waals surface area (Å²) >= 11 is 0. The zero-order chi connectivity index (χ0) is 19.1. The third-order valence-corrected chi connectivity index (χ3v) is 5.64. The topological polar surface area (TPSA) is 120 Å². The molecule has 1 saturated carbocycles. The van der Waals surface area contributed by atoms with Gasteiger partial charge in [0.25, 0.3) is 0 Å². The molecule has 0 radical (unpaired) electrons. The molecule has 4 aromatic rings. The summed E-state index contributed by atoms with van der Waals surface area (Å²) in [6, 6.07) is 4.28. The monoisotopic (exact) mass is 373 g/mol. The number of aromatic nitrogens is 7. The van der Waals surface area contributed by atoms with Gasteiger partial charge in [0, 0.05) is 18.2 Å². The van der Waals surface area contributed by atoms with Crippen LogP contribution in [0.4, 0.5) is 5.82 Å². The van der Waals surface area contributed by atoms with Gasteiger partial charge in [0.1, 0.15) is 17.7 Å². The lowest BCUT2D eigenvalue weighted by Gasteiger charge is -2.15. The molecule has 9 heteroatoms. The standard InChI is InChI=1S/C19H19N9/c1-2-11-5-12(25-16-9-22-13(7-20)8-23-16)6-14(11)19-27-26-17-10-24-18-15(28(17)19)3-4-21-18/h3-4,8-12,14,21H,2,5-6H2,1H3,(H,23,25)/t11-,12+,14+/m0/s1. The predicted octanol–water partition coefficient (Wildman–Crippen LogP) is 2.65. The number of nitrogens with zero attached hydrogens (tertiary/aromatic N) is 7. The molecule has 0 bridgehead atoms. The second-order valence-electron chi connectivity index (χ2n) is 7.21. The average molecular weight is 373 g/mol. The SMILES string of the molecule is CC[C@H]1C[C@@H](Nc2cnc(C#N)cn2)C[C@H]1c1nnc2cnc3[nH]ccc3n12. The lowest BCUT2D eigenvalue weighted by Crippen LogP contribution is -2.17. The first-order valence-electron chi connectivity index (χ1n) is 9.42. The zero-order valence-electron chi connectivity index (χ0n) is 15.4. The molecule has 140 valence electrons. The van der Waals surface area contributed by atoms with E-state index >= 15 is 0 Å². The fourth-order valence-corrected chi connectivity index (χ4v) is 4.32. The van der Waals surface area contributed by atoms with Gasteiger partial charge < -0.3 is 10.3 Å². The Bertz CT molecular complexity index is 1170. The van der Waals surface area contributed by atoms with E-state index in [1.807, 2.05) is 18.3 Å². The molecule has 0 saturated heterocycles. The Morgan fingerprint density at radius 2 is 2.14 bits per heavy atom. The Morgan fingerprint density at radius 3 is 2.93 bits per heavy atom. The second kappa shape index (κ2) is 6.56. The van der Waals surface area contributed by atoms with Gasteiger partial charge in [-0.1, -0.05) is 13.3 Å². The van der Waals surface area contributed by atoms with Gasteiger partial charge in [-0.25, -0.2) is 15.0 Å². The van der Waals surface area contributed by atoms with Crippen LogP contribution in [0.15, 0.2) is 30.9 Å². The van der Waals surface area contributed by atoms with Crippen LogP contribution in [0.3, 0.4) is 0 Å². The van der Waals surface area contributed by atoms with Crippen molar-refractivity contribution in [3.63, 3.8) is 0 Å². The highest BCUT2D eigenvalue weighted by molar-refractivity contribution is 5.74. The molecule has 1 aliphatic carbocycles. The van der Waals surface area contributed by atoms with Crippen LogP contribution in [0.1, 0.15) is 43.6 Å². The fraction of sp³-hybridized carbons (Fsp3) is 0.368. The maximum Gasteiger partial charge on any atom is 0.179 e. The molecule has 28 heavy (non-hydrogen) atoms. The molecule has 2 N–H and O–H groups in total. The fourth-order valence-electron chi connectivity index (χ4n) is 4.32. The summed E-state index contributed by atoms with van der Waals surface area (Å²) in [5, 5.41) is 21.2. The van der Waals surface area contributed by atoms with Crippen LogP contribution in [-0.4, -0.2) is 40.6 Å². The molecular formula is C19H19N9. The minimum absolute atomic E-state index is 0.271. The summed E-state index contributed by atoms with van der Waals surface area (Å²) in [6.07, 6.45) is 9.79. The molecular weight excluding hydrogens is 354 g/mol. The average Bonchev–Trinajstić information content (AvgIpc) is 3.45. The van der Waals surface area contributed by atoms with Crippen molar-refractivity contribution >= 4 is 22.6 Å². The van der Waals surface area contributed by atoms with Crippen LogP contribution in [0.25, 0.3) is 16.8 Å². The number of fused-ring (bicyclic) bond motifs is 3. The molecule has 0 unspecified atom stereocenters. The van der Waals surface area contributed by atoms with E-state index in [0.717, 1.165) is 41.9 Å². The summed E-state index contributed by atoms with van der Waals surface area (Å²) in [5.41, 5.74) is 2.93. The van der Waals surface area contributed by atoms with Crippen molar-refractivity contribution < 1.29 is 0 Å². The highest BCUT2D eigenvalue weighted by Crippen LogP contribution is 2.42. The van der Waals surface area contributed by atoms with Gasteiger partial charge in [0.15, 0.2) is 17.0 Å². The van der Waals surface area contributed by atoms with E-state index in [-0.39, 0.29) is 6.04 Å². The van der Waals surface area contributed by atoms with Gasteiger partial charge in [-0.3, -0.25) is 4.40 Å². The summed E-state index contributed by atoms with van der Waals surface area (Å²) < 4.78 is 2.12. The van der Waals surface area contributed by atoms with E-state index in [1.165, 1.54) is 6.20 Å². The largest absolute Gasteiger partial charge is 0.366 e. The molecule has 0 aromatic carbocycles. The first kappa shape index (κ1) is 16.6. The Morgan fingerprint density at radius 1 is 1.21 bits per heavy atom. The van der Waals surface area contributed by atoms with Gasteiger partial charge in [0.2, 0.25) is 0 Å². The van der Waals surface area contributed by atoms with E-state index in [0.29, 0.717) is 23.3 Å². The number of nitriles is 1. The van der Waals surface area contributed by atoms with Gasteiger partial charge in [-0.2, -0.15) is 5.26 Å². The predicted molar refractivity (Wildman–Crippen MR) is 103 cm³/mol. The number of rotatable bonds is 4. The number of aromatic amines is 1. The zero-order valence-corrected chi connectivity index (χ0v) is 15.4. The molecule has 1 aliphatic rings. The third kappa shape index (κ3) is 2.65. The van der Waals surface area contributed by atoms with Crippen LogP contribution in [0.5, 0.6) is 0 Å². The second-order valence-corrected chi connectivity index (χ2v) is 7.21. The molecule has 4 aromatic heterocycles. The molecule has 9 nitrogen and oxygen atoms in total. The highest BCUT2D eigenvalue weighted by Gasteiger charge is 2.37. The van der Waals surface area contributed by atoms with E-state index in [4.69, 9.17) is 5.26 Å². The maximum atomic E-state index is 8.87. The Balaban J connectivity index is 1.46. The number of H-pyrrole nitrogens is 1. The molecule has 4 heterocycles. The van der Waals surface area contributed by atoms with Crippen LogP contribution >= 0.6 is 0 Å². The van der Waals surface area contributed by atoms with E-state index in [9.17, 15) is 0 Å². The van der Waals surface area contributed by atoms with Crippen molar-refractivity contribution in [2.75, 3.05) is 5.32 Å². The summed E-state index contributed by atoms with van der Waals surface area (Å²) in [5.74, 6) is 2.48. The molecule has 5 rings (SSSR count). The van der Waals surface area contributed by atoms with E-state index in [2.05, 4.69) is 46.8 Å². The van der Waals surface area contributed by atoms with Gasteiger partial charge in [0.05, 0.1) is 24.1 Å². The quantitative estimate of drug-likeness (QED) is 0.564. The summed E-state index contributed by atoms with van der Waals surface area (Å²) in [4.78, 5) is 15.9.